The van der Waals surface area contributed by atoms with Crippen LogP contribution in [-0.4, -0.2) is 19.8 Å². The molecule has 0 aliphatic rings. The summed E-state index contributed by atoms with van der Waals surface area (Å²) in [7, 11) is 0. The van der Waals surface area contributed by atoms with Crippen LogP contribution in [0.5, 0.6) is 0 Å². The molecule has 3 rings (SSSR count). The molecule has 0 unspecified atom stereocenters. The fourth-order valence-electron chi connectivity index (χ4n) is 3.99. The average Bonchev–Trinajstić information content (AvgIpc) is 2.87. The fraction of sp³-hybridized carbons (Fsp3) is 0.226. The van der Waals surface area contributed by atoms with Crippen LogP contribution in [0.15, 0.2) is 111 Å². The van der Waals surface area contributed by atoms with Crippen LogP contribution < -0.4 is 0 Å². The number of hydrogen-bond acceptors (Lipinski definition) is 3. The smallest absolute Gasteiger partial charge is 0.0913 e. The molecular formula is C31H34O3. The van der Waals surface area contributed by atoms with Crippen molar-refractivity contribution in [3.05, 3.63) is 145 Å². The molecule has 0 spiro atoms. The maximum atomic E-state index is 5.28. The summed E-state index contributed by atoms with van der Waals surface area (Å²) in [4.78, 5) is 0. The summed E-state index contributed by atoms with van der Waals surface area (Å²) in [6.45, 7) is 12.7. The van der Waals surface area contributed by atoms with E-state index < -0.39 is 0 Å². The highest BCUT2D eigenvalue weighted by Gasteiger charge is 2.17. The van der Waals surface area contributed by atoms with Crippen LogP contribution in [0, 0.1) is 0 Å². The molecule has 3 heteroatoms. The van der Waals surface area contributed by atoms with Crippen molar-refractivity contribution in [2.75, 3.05) is 19.8 Å². The molecule has 0 saturated carbocycles. The lowest BCUT2D eigenvalue weighted by Gasteiger charge is -2.20. The molecule has 0 aliphatic carbocycles. The summed E-state index contributed by atoms with van der Waals surface area (Å²) in [5.74, 6) is 0.149. The van der Waals surface area contributed by atoms with Crippen molar-refractivity contribution in [2.24, 2.45) is 0 Å². The normalized spacial score (nSPS) is 10.5. The summed E-state index contributed by atoms with van der Waals surface area (Å²) >= 11 is 0. The first-order valence-electron chi connectivity index (χ1n) is 11.7. The molecule has 0 saturated heterocycles. The van der Waals surface area contributed by atoms with Crippen LogP contribution in [0.1, 0.15) is 39.3 Å². The van der Waals surface area contributed by atoms with Crippen LogP contribution in [0.2, 0.25) is 0 Å². The minimum absolute atomic E-state index is 0.149. The third-order valence-corrected chi connectivity index (χ3v) is 5.82. The predicted octanol–water partition coefficient (Wildman–Crippen LogP) is 6.97. The summed E-state index contributed by atoms with van der Waals surface area (Å²) in [5, 5.41) is 0. The molecule has 3 aromatic rings. The van der Waals surface area contributed by atoms with E-state index in [-0.39, 0.29) is 5.92 Å². The summed E-state index contributed by atoms with van der Waals surface area (Å²) < 4.78 is 15.8. The summed E-state index contributed by atoms with van der Waals surface area (Å²) in [6.07, 6.45) is 7.06. The SMILES string of the molecule is C=COCCc1ccc(C(c2ccc(CCOC=C)cc2)c2ccc(CCOC=C)cc2)cc1. The first-order chi connectivity index (χ1) is 16.7. The Kier molecular flexibility index (Phi) is 10.1. The van der Waals surface area contributed by atoms with Gasteiger partial charge < -0.3 is 14.2 Å². The van der Waals surface area contributed by atoms with Crippen molar-refractivity contribution < 1.29 is 14.2 Å². The number of benzene rings is 3. The zero-order valence-corrected chi connectivity index (χ0v) is 19.8. The average molecular weight is 455 g/mol. The third-order valence-electron chi connectivity index (χ3n) is 5.82. The molecule has 0 heterocycles. The fourth-order valence-corrected chi connectivity index (χ4v) is 3.99. The van der Waals surface area contributed by atoms with Crippen molar-refractivity contribution >= 4 is 0 Å². The summed E-state index contributed by atoms with van der Waals surface area (Å²) in [6, 6.07) is 26.5. The van der Waals surface area contributed by atoms with E-state index in [9.17, 15) is 0 Å². The van der Waals surface area contributed by atoms with Crippen molar-refractivity contribution in [1.29, 1.82) is 0 Å². The second kappa shape index (κ2) is 13.7. The Bertz CT molecular complexity index is 881. The Labute approximate surface area is 204 Å². The van der Waals surface area contributed by atoms with Crippen LogP contribution in [-0.2, 0) is 33.5 Å². The van der Waals surface area contributed by atoms with Crippen molar-refractivity contribution in [2.45, 2.75) is 25.2 Å². The lowest BCUT2D eigenvalue weighted by Crippen LogP contribution is -2.05. The van der Waals surface area contributed by atoms with E-state index in [4.69, 9.17) is 14.2 Å². The minimum atomic E-state index is 0.149. The molecule has 176 valence electrons. The molecule has 0 radical (unpaired) electrons. The molecule has 0 aliphatic heterocycles. The second-order valence-electron chi connectivity index (χ2n) is 8.02. The van der Waals surface area contributed by atoms with Gasteiger partial charge in [-0.3, -0.25) is 0 Å². The van der Waals surface area contributed by atoms with Gasteiger partial charge in [0.25, 0.3) is 0 Å². The molecule has 0 N–H and O–H groups in total. The zero-order chi connectivity index (χ0) is 24.0. The molecule has 3 nitrogen and oxygen atoms in total. The Morgan fingerprint density at radius 1 is 0.471 bits per heavy atom. The Morgan fingerprint density at radius 2 is 0.735 bits per heavy atom. The molecular weight excluding hydrogens is 420 g/mol. The van der Waals surface area contributed by atoms with Gasteiger partial charge in [-0.1, -0.05) is 92.5 Å². The monoisotopic (exact) mass is 454 g/mol. The molecule has 0 aromatic heterocycles. The van der Waals surface area contributed by atoms with Crippen LogP contribution in [0.25, 0.3) is 0 Å². The van der Waals surface area contributed by atoms with Gasteiger partial charge >= 0.3 is 0 Å². The van der Waals surface area contributed by atoms with E-state index in [2.05, 4.69) is 92.5 Å². The lowest BCUT2D eigenvalue weighted by molar-refractivity contribution is 0.255. The highest BCUT2D eigenvalue weighted by molar-refractivity contribution is 5.45. The van der Waals surface area contributed by atoms with E-state index in [1.807, 2.05) is 0 Å². The largest absolute Gasteiger partial charge is 0.501 e. The van der Waals surface area contributed by atoms with Gasteiger partial charge in [0, 0.05) is 25.2 Å². The van der Waals surface area contributed by atoms with Gasteiger partial charge in [-0.2, -0.15) is 0 Å². The zero-order valence-electron chi connectivity index (χ0n) is 19.8. The van der Waals surface area contributed by atoms with Gasteiger partial charge in [-0.15, -0.1) is 0 Å². The highest BCUT2D eigenvalue weighted by atomic mass is 16.5. The topological polar surface area (TPSA) is 27.7 Å². The number of rotatable bonds is 15. The first kappa shape index (κ1) is 24.9. The quantitative estimate of drug-likeness (QED) is 0.141. The Balaban J connectivity index is 1.85. The van der Waals surface area contributed by atoms with Crippen molar-refractivity contribution in [3.63, 3.8) is 0 Å². The Morgan fingerprint density at radius 3 is 0.971 bits per heavy atom. The highest BCUT2D eigenvalue weighted by Crippen LogP contribution is 2.32. The maximum Gasteiger partial charge on any atom is 0.0913 e. The van der Waals surface area contributed by atoms with Gasteiger partial charge in [0.05, 0.1) is 38.6 Å². The molecule has 0 bridgehead atoms. The molecule has 0 fully saturated rings. The maximum absolute atomic E-state index is 5.28. The first-order valence-corrected chi connectivity index (χ1v) is 11.7. The van der Waals surface area contributed by atoms with Crippen molar-refractivity contribution in [1.82, 2.24) is 0 Å². The van der Waals surface area contributed by atoms with E-state index in [1.165, 1.54) is 52.2 Å². The van der Waals surface area contributed by atoms with E-state index in [0.717, 1.165) is 19.3 Å². The molecule has 0 amide bonds. The number of ether oxygens (including phenoxy) is 3. The molecule has 3 aromatic carbocycles. The second-order valence-corrected chi connectivity index (χ2v) is 8.02. The molecule has 0 atom stereocenters. The van der Waals surface area contributed by atoms with E-state index in [0.29, 0.717) is 19.8 Å². The standard InChI is InChI=1S/C31H34O3/c1-4-32-22-19-25-7-13-28(14-8-25)31(29-15-9-26(10-16-29)20-23-33-5-2)30-17-11-27(12-18-30)21-24-34-6-3/h4-18,31H,1-3,19-24H2. The molecule has 34 heavy (non-hydrogen) atoms. The number of hydrogen-bond donors (Lipinski definition) is 0. The van der Waals surface area contributed by atoms with E-state index >= 15 is 0 Å². The van der Waals surface area contributed by atoms with Crippen molar-refractivity contribution in [3.8, 4) is 0 Å². The Hall–Kier alpha value is -3.72. The minimum Gasteiger partial charge on any atom is -0.501 e. The third kappa shape index (κ3) is 7.41. The van der Waals surface area contributed by atoms with Gasteiger partial charge in [-0.05, 0) is 33.4 Å². The van der Waals surface area contributed by atoms with Gasteiger partial charge in [0.2, 0.25) is 0 Å². The predicted molar refractivity (Wildman–Crippen MR) is 140 cm³/mol. The van der Waals surface area contributed by atoms with Gasteiger partial charge in [-0.25, -0.2) is 0 Å². The summed E-state index contributed by atoms with van der Waals surface area (Å²) in [5.41, 5.74) is 7.54. The van der Waals surface area contributed by atoms with Gasteiger partial charge in [0.15, 0.2) is 0 Å². The van der Waals surface area contributed by atoms with Crippen LogP contribution >= 0.6 is 0 Å². The van der Waals surface area contributed by atoms with Crippen LogP contribution in [0.4, 0.5) is 0 Å². The van der Waals surface area contributed by atoms with Crippen LogP contribution in [0.3, 0.4) is 0 Å². The van der Waals surface area contributed by atoms with E-state index in [1.54, 1.807) is 0 Å². The lowest BCUT2D eigenvalue weighted by atomic mass is 9.84. The van der Waals surface area contributed by atoms with Gasteiger partial charge in [0.1, 0.15) is 0 Å².